The molecular weight excluding hydrogens is 244 g/mol. The molecule has 2 atom stereocenters. The van der Waals surface area contributed by atoms with Crippen LogP contribution in [-0.4, -0.2) is 18.1 Å². The van der Waals surface area contributed by atoms with E-state index in [2.05, 4.69) is 29.4 Å². The van der Waals surface area contributed by atoms with E-state index in [1.165, 1.54) is 17.4 Å². The third-order valence-electron chi connectivity index (χ3n) is 3.76. The van der Waals surface area contributed by atoms with Crippen LogP contribution in [0, 0.1) is 5.92 Å². The SMILES string of the molecule is CC1CNC[C@@H](c2ccc(Cl)c3ncccc23)C1. The maximum absolute atomic E-state index is 6.22. The fourth-order valence-electron chi connectivity index (χ4n) is 2.91. The Balaban J connectivity index is 2.09. The lowest BCUT2D eigenvalue weighted by Crippen LogP contribution is -2.33. The van der Waals surface area contributed by atoms with Gasteiger partial charge in [0.25, 0.3) is 0 Å². The van der Waals surface area contributed by atoms with Crippen LogP contribution in [0.3, 0.4) is 0 Å². The number of halogens is 1. The van der Waals surface area contributed by atoms with Gasteiger partial charge in [-0.1, -0.05) is 30.7 Å². The maximum Gasteiger partial charge on any atom is 0.0890 e. The summed E-state index contributed by atoms with van der Waals surface area (Å²) in [5.41, 5.74) is 2.30. The van der Waals surface area contributed by atoms with E-state index in [-0.39, 0.29) is 0 Å². The summed E-state index contributed by atoms with van der Waals surface area (Å²) in [6.45, 7) is 4.48. The summed E-state index contributed by atoms with van der Waals surface area (Å²) in [4.78, 5) is 4.40. The van der Waals surface area contributed by atoms with E-state index in [9.17, 15) is 0 Å². The number of nitrogens with one attached hydrogen (secondary N) is 1. The Hall–Kier alpha value is -1.12. The van der Waals surface area contributed by atoms with Gasteiger partial charge in [-0.05, 0) is 42.5 Å². The molecule has 0 bridgehead atoms. The lowest BCUT2D eigenvalue weighted by Gasteiger charge is -2.28. The minimum Gasteiger partial charge on any atom is -0.316 e. The largest absolute Gasteiger partial charge is 0.316 e. The number of aromatic nitrogens is 1. The Bertz CT molecular complexity index is 567. The number of piperidine rings is 1. The van der Waals surface area contributed by atoms with Gasteiger partial charge < -0.3 is 5.32 Å². The highest BCUT2D eigenvalue weighted by molar-refractivity contribution is 6.35. The molecule has 1 aliphatic rings. The molecule has 94 valence electrons. The van der Waals surface area contributed by atoms with Gasteiger partial charge in [-0.3, -0.25) is 4.98 Å². The molecule has 2 nitrogen and oxygen atoms in total. The quantitative estimate of drug-likeness (QED) is 0.847. The Kier molecular flexibility index (Phi) is 3.23. The molecule has 0 saturated carbocycles. The van der Waals surface area contributed by atoms with E-state index >= 15 is 0 Å². The molecule has 1 saturated heterocycles. The number of fused-ring (bicyclic) bond motifs is 1. The van der Waals surface area contributed by atoms with Crippen molar-refractivity contribution in [3.05, 3.63) is 41.0 Å². The van der Waals surface area contributed by atoms with Gasteiger partial charge in [-0.15, -0.1) is 0 Å². The van der Waals surface area contributed by atoms with Crippen LogP contribution in [0.5, 0.6) is 0 Å². The van der Waals surface area contributed by atoms with Gasteiger partial charge >= 0.3 is 0 Å². The van der Waals surface area contributed by atoms with Gasteiger partial charge in [0, 0.05) is 18.1 Å². The zero-order valence-corrected chi connectivity index (χ0v) is 11.2. The van der Waals surface area contributed by atoms with E-state index in [0.717, 1.165) is 29.5 Å². The zero-order valence-electron chi connectivity index (χ0n) is 10.5. The molecule has 1 unspecified atom stereocenters. The van der Waals surface area contributed by atoms with E-state index in [1.54, 1.807) is 6.20 Å². The number of pyridine rings is 1. The average molecular weight is 261 g/mol. The molecule has 1 aliphatic heterocycles. The predicted molar refractivity (Wildman–Crippen MR) is 76.1 cm³/mol. The van der Waals surface area contributed by atoms with Gasteiger partial charge in [-0.2, -0.15) is 0 Å². The van der Waals surface area contributed by atoms with Crippen molar-refractivity contribution in [1.29, 1.82) is 0 Å². The molecule has 2 aromatic rings. The van der Waals surface area contributed by atoms with Gasteiger partial charge in [0.15, 0.2) is 0 Å². The van der Waals surface area contributed by atoms with Crippen LogP contribution in [-0.2, 0) is 0 Å². The minimum absolute atomic E-state index is 0.567. The molecule has 0 aliphatic carbocycles. The number of benzene rings is 1. The van der Waals surface area contributed by atoms with Crippen molar-refractivity contribution in [2.45, 2.75) is 19.3 Å². The van der Waals surface area contributed by atoms with Gasteiger partial charge in [0.2, 0.25) is 0 Å². The van der Waals surface area contributed by atoms with Crippen molar-refractivity contribution in [3.63, 3.8) is 0 Å². The monoisotopic (exact) mass is 260 g/mol. The topological polar surface area (TPSA) is 24.9 Å². The average Bonchev–Trinajstić information content (AvgIpc) is 2.39. The predicted octanol–water partition coefficient (Wildman–Crippen LogP) is 3.60. The molecule has 0 spiro atoms. The zero-order chi connectivity index (χ0) is 12.5. The number of nitrogens with zero attached hydrogens (tertiary/aromatic N) is 1. The summed E-state index contributed by atoms with van der Waals surface area (Å²) in [5.74, 6) is 1.30. The third kappa shape index (κ3) is 2.11. The molecule has 1 N–H and O–H groups in total. The summed E-state index contributed by atoms with van der Waals surface area (Å²) in [7, 11) is 0. The van der Waals surface area contributed by atoms with E-state index in [4.69, 9.17) is 11.6 Å². The van der Waals surface area contributed by atoms with Crippen molar-refractivity contribution < 1.29 is 0 Å². The first-order chi connectivity index (χ1) is 8.75. The highest BCUT2D eigenvalue weighted by Crippen LogP contribution is 2.33. The summed E-state index contributed by atoms with van der Waals surface area (Å²) >= 11 is 6.22. The Morgan fingerprint density at radius 1 is 1.28 bits per heavy atom. The van der Waals surface area contributed by atoms with Crippen molar-refractivity contribution in [1.82, 2.24) is 10.3 Å². The molecule has 2 heterocycles. The number of rotatable bonds is 1. The second-order valence-corrected chi connectivity index (χ2v) is 5.64. The molecule has 18 heavy (non-hydrogen) atoms. The fourth-order valence-corrected chi connectivity index (χ4v) is 3.12. The van der Waals surface area contributed by atoms with E-state index < -0.39 is 0 Å². The fraction of sp³-hybridized carbons (Fsp3) is 0.400. The number of hydrogen-bond acceptors (Lipinski definition) is 2. The molecular formula is C15H17ClN2. The summed E-state index contributed by atoms with van der Waals surface area (Å²) in [5, 5.41) is 5.45. The first-order valence-electron chi connectivity index (χ1n) is 6.49. The normalized spacial score (nSPS) is 24.3. The molecule has 1 aromatic carbocycles. The van der Waals surface area contributed by atoms with E-state index in [0.29, 0.717) is 5.92 Å². The van der Waals surface area contributed by atoms with Crippen LogP contribution < -0.4 is 5.32 Å². The summed E-state index contributed by atoms with van der Waals surface area (Å²) in [6, 6.07) is 8.26. The smallest absolute Gasteiger partial charge is 0.0890 e. The van der Waals surface area contributed by atoms with Crippen LogP contribution in [0.15, 0.2) is 30.5 Å². The summed E-state index contributed by atoms with van der Waals surface area (Å²) in [6.07, 6.45) is 3.04. The van der Waals surface area contributed by atoms with Crippen LogP contribution >= 0.6 is 11.6 Å². The van der Waals surface area contributed by atoms with Crippen LogP contribution in [0.1, 0.15) is 24.8 Å². The van der Waals surface area contributed by atoms with E-state index in [1.807, 2.05) is 12.1 Å². The Morgan fingerprint density at radius 3 is 3.00 bits per heavy atom. The maximum atomic E-state index is 6.22. The molecule has 3 rings (SSSR count). The molecule has 0 amide bonds. The number of hydrogen-bond donors (Lipinski definition) is 1. The first kappa shape index (κ1) is 11.9. The minimum atomic E-state index is 0.567. The summed E-state index contributed by atoms with van der Waals surface area (Å²) < 4.78 is 0. The van der Waals surface area contributed by atoms with Crippen molar-refractivity contribution in [2.24, 2.45) is 5.92 Å². The van der Waals surface area contributed by atoms with Crippen molar-refractivity contribution in [2.75, 3.05) is 13.1 Å². The van der Waals surface area contributed by atoms with Crippen LogP contribution in [0.4, 0.5) is 0 Å². The molecule has 0 radical (unpaired) electrons. The molecule has 1 fully saturated rings. The third-order valence-corrected chi connectivity index (χ3v) is 4.07. The highest BCUT2D eigenvalue weighted by Gasteiger charge is 2.22. The second kappa shape index (κ2) is 4.87. The second-order valence-electron chi connectivity index (χ2n) is 5.23. The van der Waals surface area contributed by atoms with Gasteiger partial charge in [0.1, 0.15) is 0 Å². The molecule has 1 aromatic heterocycles. The lowest BCUT2D eigenvalue weighted by atomic mass is 9.85. The standard InChI is InChI=1S/C15H17ClN2/c1-10-7-11(9-17-8-10)12-4-5-14(16)15-13(12)3-2-6-18-15/h2-6,10-11,17H,7-9H2,1H3/t10?,11-/m0/s1. The van der Waals surface area contributed by atoms with Gasteiger partial charge in [0.05, 0.1) is 10.5 Å². The first-order valence-corrected chi connectivity index (χ1v) is 6.87. The molecule has 3 heteroatoms. The Labute approximate surface area is 112 Å². The van der Waals surface area contributed by atoms with Crippen LogP contribution in [0.2, 0.25) is 5.02 Å². The lowest BCUT2D eigenvalue weighted by molar-refractivity contribution is 0.365. The van der Waals surface area contributed by atoms with Crippen molar-refractivity contribution in [3.8, 4) is 0 Å². The van der Waals surface area contributed by atoms with Crippen molar-refractivity contribution >= 4 is 22.5 Å². The highest BCUT2D eigenvalue weighted by atomic mass is 35.5. The van der Waals surface area contributed by atoms with Gasteiger partial charge in [-0.25, -0.2) is 0 Å². The van der Waals surface area contributed by atoms with Crippen LogP contribution in [0.25, 0.3) is 10.9 Å². The Morgan fingerprint density at radius 2 is 2.17 bits per heavy atom.